The summed E-state index contributed by atoms with van der Waals surface area (Å²) in [7, 11) is 1.63. The van der Waals surface area contributed by atoms with Gasteiger partial charge in [-0.15, -0.1) is 0 Å². The minimum absolute atomic E-state index is 0.0538. The first kappa shape index (κ1) is 17.9. The molecule has 0 amide bonds. The van der Waals surface area contributed by atoms with Gasteiger partial charge in [0.05, 0.1) is 12.2 Å². The number of Topliss-reactive ketones (excluding diaryl/α,β-unsaturated/α-hetero) is 1. The molecule has 0 aliphatic heterocycles. The first-order chi connectivity index (χ1) is 11.9. The maximum Gasteiger partial charge on any atom is 0.146 e. The van der Waals surface area contributed by atoms with E-state index in [1.165, 1.54) is 12.8 Å². The Kier molecular flexibility index (Phi) is 4.53. The standard InChI is InChI=1S/C21H34O4/c1-20-9-8-16-14(15(20)6-7-19(20)23)5-4-13-10-18(25-12-24-3)17(22)11-21(13,16)2/h13-18,22H,4-12H2,1-3H3/t13-,14-,15-,16-,17-,18-,20-,21-/m0/s1. The third-order valence-corrected chi connectivity index (χ3v) is 8.77. The molecule has 0 bridgehead atoms. The van der Waals surface area contributed by atoms with Crippen LogP contribution in [0.1, 0.15) is 65.2 Å². The number of hydrogen-bond donors (Lipinski definition) is 1. The van der Waals surface area contributed by atoms with Crippen LogP contribution >= 0.6 is 0 Å². The number of ether oxygens (including phenoxy) is 2. The van der Waals surface area contributed by atoms with Gasteiger partial charge in [0, 0.05) is 18.9 Å². The van der Waals surface area contributed by atoms with E-state index in [1.807, 2.05) is 0 Å². The summed E-state index contributed by atoms with van der Waals surface area (Å²) in [6, 6.07) is 0. The van der Waals surface area contributed by atoms with Crippen LogP contribution in [-0.4, -0.2) is 37.0 Å². The first-order valence-electron chi connectivity index (χ1n) is 10.2. The van der Waals surface area contributed by atoms with Crippen LogP contribution in [0.2, 0.25) is 0 Å². The van der Waals surface area contributed by atoms with Gasteiger partial charge in [0.15, 0.2) is 0 Å². The van der Waals surface area contributed by atoms with Crippen LogP contribution in [0.5, 0.6) is 0 Å². The third kappa shape index (κ3) is 2.62. The van der Waals surface area contributed by atoms with Crippen molar-refractivity contribution in [2.45, 2.75) is 77.4 Å². The molecule has 0 aromatic heterocycles. The van der Waals surface area contributed by atoms with Crippen molar-refractivity contribution in [3.8, 4) is 0 Å². The van der Waals surface area contributed by atoms with Gasteiger partial charge in [-0.25, -0.2) is 0 Å². The summed E-state index contributed by atoms with van der Waals surface area (Å²) in [5, 5.41) is 10.7. The summed E-state index contributed by atoms with van der Waals surface area (Å²) in [6.45, 7) is 4.92. The van der Waals surface area contributed by atoms with Crippen molar-refractivity contribution in [1.29, 1.82) is 0 Å². The van der Waals surface area contributed by atoms with Crippen LogP contribution in [0.4, 0.5) is 0 Å². The molecule has 0 aromatic carbocycles. The predicted molar refractivity (Wildman–Crippen MR) is 94.9 cm³/mol. The van der Waals surface area contributed by atoms with E-state index < -0.39 is 6.10 Å². The van der Waals surface area contributed by atoms with Crippen molar-refractivity contribution >= 4 is 5.78 Å². The molecule has 25 heavy (non-hydrogen) atoms. The molecule has 4 rings (SSSR count). The molecule has 4 fully saturated rings. The highest BCUT2D eigenvalue weighted by molar-refractivity contribution is 5.87. The first-order valence-corrected chi connectivity index (χ1v) is 10.2. The number of methoxy groups -OCH3 is 1. The normalized spacial score (nSPS) is 52.4. The van der Waals surface area contributed by atoms with Crippen molar-refractivity contribution in [3.05, 3.63) is 0 Å². The summed E-state index contributed by atoms with van der Waals surface area (Å²) >= 11 is 0. The molecule has 142 valence electrons. The summed E-state index contributed by atoms with van der Waals surface area (Å²) < 4.78 is 10.8. The Labute approximate surface area is 151 Å². The lowest BCUT2D eigenvalue weighted by molar-refractivity contribution is -0.188. The predicted octanol–water partition coefficient (Wildman–Crippen LogP) is 3.56. The van der Waals surface area contributed by atoms with Crippen LogP contribution < -0.4 is 0 Å². The highest BCUT2D eigenvalue weighted by atomic mass is 16.7. The SMILES string of the molecule is COCO[C@H]1C[C@@H]2CC[C@@H]3[C@H](CC[C@]4(C)C(=O)CC[C@@H]34)[C@@]2(C)C[C@@H]1O. The quantitative estimate of drug-likeness (QED) is 0.791. The van der Waals surface area contributed by atoms with E-state index in [1.54, 1.807) is 7.11 Å². The second-order valence-corrected chi connectivity index (χ2v) is 9.69. The molecule has 0 aromatic rings. The van der Waals surface area contributed by atoms with Crippen LogP contribution in [0.25, 0.3) is 0 Å². The topological polar surface area (TPSA) is 55.8 Å². The zero-order valence-corrected chi connectivity index (χ0v) is 16.0. The Bertz CT molecular complexity index is 534. The van der Waals surface area contributed by atoms with E-state index in [2.05, 4.69) is 13.8 Å². The maximum atomic E-state index is 12.5. The van der Waals surface area contributed by atoms with Crippen LogP contribution in [0.15, 0.2) is 0 Å². The molecule has 4 aliphatic rings. The molecule has 4 aliphatic carbocycles. The second kappa shape index (κ2) is 6.31. The third-order valence-electron chi connectivity index (χ3n) is 8.77. The largest absolute Gasteiger partial charge is 0.390 e. The van der Waals surface area contributed by atoms with Crippen molar-refractivity contribution in [2.75, 3.05) is 13.9 Å². The number of fused-ring (bicyclic) bond motifs is 5. The minimum Gasteiger partial charge on any atom is -0.390 e. The van der Waals surface area contributed by atoms with E-state index >= 15 is 0 Å². The van der Waals surface area contributed by atoms with Gasteiger partial charge < -0.3 is 14.6 Å². The lowest BCUT2D eigenvalue weighted by atomic mass is 9.45. The van der Waals surface area contributed by atoms with Gasteiger partial charge in [-0.2, -0.15) is 0 Å². The smallest absolute Gasteiger partial charge is 0.146 e. The second-order valence-electron chi connectivity index (χ2n) is 9.69. The molecule has 4 nitrogen and oxygen atoms in total. The summed E-state index contributed by atoms with van der Waals surface area (Å²) in [4.78, 5) is 12.5. The number of ketones is 1. The Morgan fingerprint density at radius 3 is 2.72 bits per heavy atom. The van der Waals surface area contributed by atoms with Gasteiger partial charge in [0.2, 0.25) is 0 Å². The fourth-order valence-electron chi connectivity index (χ4n) is 7.37. The zero-order chi connectivity index (χ0) is 17.8. The van der Waals surface area contributed by atoms with Gasteiger partial charge >= 0.3 is 0 Å². The summed E-state index contributed by atoms with van der Waals surface area (Å²) in [5.41, 5.74) is 0.143. The number of carbonyl (C=O) groups excluding carboxylic acids is 1. The average Bonchev–Trinajstić information content (AvgIpc) is 2.88. The van der Waals surface area contributed by atoms with Crippen molar-refractivity contribution in [1.82, 2.24) is 0 Å². The number of aliphatic hydroxyl groups is 1. The highest BCUT2D eigenvalue weighted by Crippen LogP contribution is 2.65. The fourth-order valence-corrected chi connectivity index (χ4v) is 7.37. The zero-order valence-electron chi connectivity index (χ0n) is 16.0. The molecule has 4 heteroatoms. The Balaban J connectivity index is 1.55. The Morgan fingerprint density at radius 2 is 1.96 bits per heavy atom. The van der Waals surface area contributed by atoms with Gasteiger partial charge in [0.25, 0.3) is 0 Å². The van der Waals surface area contributed by atoms with Crippen LogP contribution in [0, 0.1) is 34.5 Å². The van der Waals surface area contributed by atoms with Crippen LogP contribution in [0.3, 0.4) is 0 Å². The molecule has 0 saturated heterocycles. The average molecular weight is 350 g/mol. The van der Waals surface area contributed by atoms with Gasteiger partial charge in [0.1, 0.15) is 12.6 Å². The number of rotatable bonds is 3. The number of aliphatic hydroxyl groups excluding tert-OH is 1. The Hall–Kier alpha value is -0.450. The molecule has 8 atom stereocenters. The number of hydrogen-bond acceptors (Lipinski definition) is 4. The van der Waals surface area contributed by atoms with Crippen molar-refractivity contribution < 1.29 is 19.4 Å². The molecule has 1 N–H and O–H groups in total. The molecule has 0 radical (unpaired) electrons. The van der Waals surface area contributed by atoms with Crippen LogP contribution in [-0.2, 0) is 14.3 Å². The minimum atomic E-state index is -0.395. The molecule has 0 spiro atoms. The summed E-state index contributed by atoms with van der Waals surface area (Å²) in [5.74, 6) is 3.06. The van der Waals surface area contributed by atoms with Gasteiger partial charge in [-0.3, -0.25) is 4.79 Å². The molecule has 4 saturated carbocycles. The summed E-state index contributed by atoms with van der Waals surface area (Å²) in [6.07, 6.45) is 7.88. The van der Waals surface area contributed by atoms with E-state index in [0.717, 1.165) is 38.5 Å². The molecular weight excluding hydrogens is 316 g/mol. The Morgan fingerprint density at radius 1 is 1.16 bits per heavy atom. The molecular formula is C21H34O4. The molecule has 0 unspecified atom stereocenters. The van der Waals surface area contributed by atoms with E-state index in [9.17, 15) is 9.90 Å². The highest BCUT2D eigenvalue weighted by Gasteiger charge is 2.61. The monoisotopic (exact) mass is 350 g/mol. The lowest BCUT2D eigenvalue weighted by Crippen LogP contribution is -2.57. The number of carbonyl (C=O) groups is 1. The van der Waals surface area contributed by atoms with Gasteiger partial charge in [-0.05, 0) is 74.0 Å². The maximum absolute atomic E-state index is 12.5. The van der Waals surface area contributed by atoms with Gasteiger partial charge in [-0.1, -0.05) is 13.8 Å². The lowest BCUT2D eigenvalue weighted by Gasteiger charge is -2.60. The molecule has 0 heterocycles. The van der Waals surface area contributed by atoms with E-state index in [-0.39, 0.29) is 23.7 Å². The van der Waals surface area contributed by atoms with E-state index in [4.69, 9.17) is 9.47 Å². The van der Waals surface area contributed by atoms with E-state index in [0.29, 0.717) is 29.5 Å². The fraction of sp³-hybridized carbons (Fsp3) is 0.952. The van der Waals surface area contributed by atoms with Crippen molar-refractivity contribution in [2.24, 2.45) is 34.5 Å². The van der Waals surface area contributed by atoms with Crippen molar-refractivity contribution in [3.63, 3.8) is 0 Å².